The molecule has 3 atom stereocenters. The number of fused-ring (bicyclic) bond motifs is 3. The van der Waals surface area contributed by atoms with Crippen LogP contribution in [0.25, 0.3) is 10.2 Å². The molecule has 2 aromatic rings. The van der Waals surface area contributed by atoms with Crippen LogP contribution in [0.1, 0.15) is 56.4 Å². The molecule has 0 aliphatic heterocycles. The highest BCUT2D eigenvalue weighted by Crippen LogP contribution is 2.36. The van der Waals surface area contributed by atoms with Gasteiger partial charge >= 0.3 is 0 Å². The summed E-state index contributed by atoms with van der Waals surface area (Å²) in [6, 6.07) is 0.272. The van der Waals surface area contributed by atoms with Crippen molar-refractivity contribution in [2.45, 2.75) is 75.2 Å². The van der Waals surface area contributed by atoms with Gasteiger partial charge in [-0.3, -0.25) is 14.2 Å². The number of thioether (sulfide) groups is 1. The molecule has 0 saturated heterocycles. The molecule has 2 aliphatic rings. The Bertz CT molecular complexity index is 933. The third-order valence-electron chi connectivity index (χ3n) is 6.00. The number of carbonyl (C=O) groups excluding carboxylic acids is 1. The second-order valence-electron chi connectivity index (χ2n) is 7.93. The lowest BCUT2D eigenvalue weighted by atomic mass is 9.86. The Morgan fingerprint density at radius 2 is 2.07 bits per heavy atom. The number of aryl methyl sites for hydroxylation is 2. The van der Waals surface area contributed by atoms with Crippen molar-refractivity contribution in [3.63, 3.8) is 0 Å². The Kier molecular flexibility index (Phi) is 5.34. The zero-order chi connectivity index (χ0) is 19.1. The van der Waals surface area contributed by atoms with E-state index >= 15 is 0 Å². The van der Waals surface area contributed by atoms with Crippen LogP contribution in [0.5, 0.6) is 0 Å². The van der Waals surface area contributed by atoms with Crippen LogP contribution in [0.3, 0.4) is 0 Å². The highest BCUT2D eigenvalue weighted by molar-refractivity contribution is 8.00. The molecule has 2 aromatic heterocycles. The van der Waals surface area contributed by atoms with Gasteiger partial charge in [0.25, 0.3) is 5.56 Å². The highest BCUT2D eigenvalue weighted by atomic mass is 32.2. The van der Waals surface area contributed by atoms with Gasteiger partial charge in [-0.1, -0.05) is 31.5 Å². The van der Waals surface area contributed by atoms with Crippen LogP contribution in [-0.2, 0) is 24.7 Å². The SMILES string of the molecule is C[C@@H](Sc1nc2sc3c(c2c(=O)n1C)CCC3)C(=O)N[C@@H]1CCCC[C@@H]1C. The van der Waals surface area contributed by atoms with E-state index < -0.39 is 0 Å². The van der Waals surface area contributed by atoms with Crippen LogP contribution in [-0.4, -0.2) is 26.8 Å². The van der Waals surface area contributed by atoms with Crippen LogP contribution in [0.15, 0.2) is 9.95 Å². The summed E-state index contributed by atoms with van der Waals surface area (Å²) < 4.78 is 1.62. The van der Waals surface area contributed by atoms with Crippen molar-refractivity contribution in [3.05, 3.63) is 20.8 Å². The van der Waals surface area contributed by atoms with Crippen LogP contribution in [0.2, 0.25) is 0 Å². The summed E-state index contributed by atoms with van der Waals surface area (Å²) in [5.41, 5.74) is 1.23. The summed E-state index contributed by atoms with van der Waals surface area (Å²) in [5, 5.41) is 4.37. The lowest BCUT2D eigenvalue weighted by Gasteiger charge is -2.30. The van der Waals surface area contributed by atoms with Gasteiger partial charge in [0.2, 0.25) is 5.91 Å². The van der Waals surface area contributed by atoms with Gasteiger partial charge in [0.05, 0.1) is 10.6 Å². The minimum atomic E-state index is -0.276. The zero-order valence-electron chi connectivity index (χ0n) is 16.2. The van der Waals surface area contributed by atoms with Crippen molar-refractivity contribution < 1.29 is 4.79 Å². The maximum Gasteiger partial charge on any atom is 0.262 e. The molecule has 2 aliphatic carbocycles. The maximum absolute atomic E-state index is 12.9. The molecule has 0 radical (unpaired) electrons. The first-order valence-electron chi connectivity index (χ1n) is 9.94. The zero-order valence-corrected chi connectivity index (χ0v) is 17.8. The van der Waals surface area contributed by atoms with Crippen molar-refractivity contribution in [2.75, 3.05) is 0 Å². The molecule has 1 amide bonds. The number of nitrogens with zero attached hydrogens (tertiary/aromatic N) is 2. The number of nitrogens with one attached hydrogen (secondary N) is 1. The van der Waals surface area contributed by atoms with Gasteiger partial charge in [-0.25, -0.2) is 4.98 Å². The highest BCUT2D eigenvalue weighted by Gasteiger charge is 2.27. The van der Waals surface area contributed by atoms with E-state index in [4.69, 9.17) is 4.98 Å². The first kappa shape index (κ1) is 19.0. The Morgan fingerprint density at radius 1 is 1.30 bits per heavy atom. The van der Waals surface area contributed by atoms with Crippen molar-refractivity contribution in [1.82, 2.24) is 14.9 Å². The van der Waals surface area contributed by atoms with E-state index in [-0.39, 0.29) is 22.8 Å². The number of amides is 1. The Morgan fingerprint density at radius 3 is 2.85 bits per heavy atom. The standard InChI is InChI=1S/C20H27N3O2S2/c1-11-7-4-5-9-14(11)21-17(24)12(2)26-20-22-18-16(19(25)23(20)3)13-8-6-10-15(13)27-18/h11-12,14H,4-10H2,1-3H3,(H,21,24)/t11-,12+,14+/m0/s1. The van der Waals surface area contributed by atoms with E-state index in [0.29, 0.717) is 11.1 Å². The molecule has 0 bridgehead atoms. The fraction of sp³-hybridized carbons (Fsp3) is 0.650. The average molecular weight is 406 g/mol. The third-order valence-corrected chi connectivity index (χ3v) is 8.33. The Balaban J connectivity index is 1.53. The molecular formula is C20H27N3O2S2. The van der Waals surface area contributed by atoms with Crippen LogP contribution in [0, 0.1) is 5.92 Å². The molecule has 0 spiro atoms. The molecule has 0 unspecified atom stereocenters. The van der Waals surface area contributed by atoms with Gasteiger partial charge in [-0.05, 0) is 50.5 Å². The predicted octanol–water partition coefficient (Wildman–Crippen LogP) is 3.66. The summed E-state index contributed by atoms with van der Waals surface area (Å²) in [6.07, 6.45) is 7.86. The van der Waals surface area contributed by atoms with Gasteiger partial charge < -0.3 is 5.32 Å². The quantitative estimate of drug-likeness (QED) is 0.623. The first-order chi connectivity index (χ1) is 13.0. The molecule has 2 heterocycles. The van der Waals surface area contributed by atoms with E-state index in [9.17, 15) is 9.59 Å². The Labute approximate surface area is 167 Å². The van der Waals surface area contributed by atoms with E-state index in [1.54, 1.807) is 23.0 Å². The first-order valence-corrected chi connectivity index (χ1v) is 11.6. The minimum Gasteiger partial charge on any atom is -0.352 e. The maximum atomic E-state index is 12.9. The van der Waals surface area contributed by atoms with E-state index in [2.05, 4.69) is 12.2 Å². The molecule has 0 aromatic carbocycles. The molecule has 7 heteroatoms. The van der Waals surface area contributed by atoms with Crippen molar-refractivity contribution >= 4 is 39.2 Å². The van der Waals surface area contributed by atoms with Gasteiger partial charge in [-0.2, -0.15) is 0 Å². The summed E-state index contributed by atoms with van der Waals surface area (Å²) in [5.74, 6) is 0.578. The van der Waals surface area contributed by atoms with Gasteiger partial charge in [0.15, 0.2) is 5.16 Å². The summed E-state index contributed by atoms with van der Waals surface area (Å²) in [7, 11) is 1.77. The normalized spacial score (nSPS) is 23.4. The number of thiophene rings is 1. The largest absolute Gasteiger partial charge is 0.352 e. The predicted molar refractivity (Wildman–Crippen MR) is 112 cm³/mol. The van der Waals surface area contributed by atoms with Crippen LogP contribution < -0.4 is 10.9 Å². The van der Waals surface area contributed by atoms with Crippen LogP contribution in [0.4, 0.5) is 0 Å². The number of aromatic nitrogens is 2. The minimum absolute atomic E-state index is 0.0235. The van der Waals surface area contributed by atoms with Crippen molar-refractivity contribution in [1.29, 1.82) is 0 Å². The topological polar surface area (TPSA) is 64.0 Å². The number of rotatable bonds is 4. The summed E-state index contributed by atoms with van der Waals surface area (Å²) in [6.45, 7) is 4.12. The second-order valence-corrected chi connectivity index (χ2v) is 10.3. The molecule has 1 fully saturated rings. The van der Waals surface area contributed by atoms with Gasteiger partial charge in [-0.15, -0.1) is 11.3 Å². The molecular weight excluding hydrogens is 378 g/mol. The number of hydrogen-bond donors (Lipinski definition) is 1. The Hall–Kier alpha value is -1.34. The molecule has 27 heavy (non-hydrogen) atoms. The monoisotopic (exact) mass is 405 g/mol. The number of hydrogen-bond acceptors (Lipinski definition) is 5. The van der Waals surface area contributed by atoms with E-state index in [1.807, 2.05) is 6.92 Å². The summed E-state index contributed by atoms with van der Waals surface area (Å²) in [4.78, 5) is 32.5. The fourth-order valence-corrected chi connectivity index (χ4v) is 6.44. The summed E-state index contributed by atoms with van der Waals surface area (Å²) >= 11 is 3.03. The van der Waals surface area contributed by atoms with Crippen molar-refractivity contribution in [2.24, 2.45) is 13.0 Å². The van der Waals surface area contributed by atoms with Gasteiger partial charge in [0.1, 0.15) is 4.83 Å². The fourth-order valence-electron chi connectivity index (χ4n) is 4.25. The lowest BCUT2D eigenvalue weighted by Crippen LogP contribution is -2.44. The third kappa shape index (κ3) is 3.56. The number of carbonyl (C=O) groups is 1. The smallest absolute Gasteiger partial charge is 0.262 e. The second kappa shape index (κ2) is 7.59. The van der Waals surface area contributed by atoms with E-state index in [1.165, 1.54) is 41.5 Å². The lowest BCUT2D eigenvalue weighted by molar-refractivity contribution is -0.121. The average Bonchev–Trinajstić information content (AvgIpc) is 3.22. The molecule has 1 N–H and O–H groups in total. The molecule has 1 saturated carbocycles. The van der Waals surface area contributed by atoms with Crippen molar-refractivity contribution in [3.8, 4) is 0 Å². The van der Waals surface area contributed by atoms with Crippen LogP contribution >= 0.6 is 23.1 Å². The molecule has 146 valence electrons. The van der Waals surface area contributed by atoms with E-state index in [0.717, 1.165) is 35.9 Å². The van der Waals surface area contributed by atoms with Gasteiger partial charge in [0, 0.05) is 18.0 Å². The molecule has 5 nitrogen and oxygen atoms in total. The molecule has 4 rings (SSSR count).